The Bertz CT molecular complexity index is 1590. The Morgan fingerprint density at radius 2 is 0.945 bits per heavy atom. The highest BCUT2D eigenvalue weighted by molar-refractivity contribution is 5.76. The van der Waals surface area contributed by atoms with Crippen LogP contribution in [0.2, 0.25) is 0 Å². The quantitative estimate of drug-likeness (QED) is 0.0206. The Kier molecular flexibility index (Phi) is 39.9. The molecule has 2 saturated heterocycles. The van der Waals surface area contributed by atoms with E-state index in [1.54, 1.807) is 6.08 Å². The summed E-state index contributed by atoms with van der Waals surface area (Å²) in [5.41, 5.74) is 0. The molecule has 0 aromatic rings. The topological polar surface area (TPSA) is 228 Å². The molecule has 0 spiro atoms. The lowest BCUT2D eigenvalue weighted by Crippen LogP contribution is -2.65. The molecule has 0 bridgehead atoms. The van der Waals surface area contributed by atoms with Crippen molar-refractivity contribution < 1.29 is 64.6 Å². The summed E-state index contributed by atoms with van der Waals surface area (Å²) in [4.78, 5) is 13.2. The van der Waals surface area contributed by atoms with Crippen LogP contribution >= 0.6 is 0 Å². The Morgan fingerprint density at radius 3 is 1.45 bits per heavy atom. The van der Waals surface area contributed by atoms with Crippen LogP contribution in [0.1, 0.15) is 174 Å². The minimum atomic E-state index is -1.79. The number of carbonyl (C=O) groups excluding carboxylic acids is 1. The number of allylic oxidation sites excluding steroid dienone is 15. The minimum Gasteiger partial charge on any atom is -0.394 e. The van der Waals surface area contributed by atoms with Gasteiger partial charge in [-0.3, -0.25) is 4.79 Å². The monoisotopic (exact) mass is 1030 g/mol. The van der Waals surface area contributed by atoms with Gasteiger partial charge in [-0.2, -0.15) is 0 Å². The number of amides is 1. The number of carbonyl (C=O) groups is 1. The van der Waals surface area contributed by atoms with Gasteiger partial charge in [0, 0.05) is 6.42 Å². The van der Waals surface area contributed by atoms with Crippen molar-refractivity contribution in [3.05, 3.63) is 97.2 Å². The van der Waals surface area contributed by atoms with Crippen LogP contribution in [0.25, 0.3) is 0 Å². The molecule has 12 unspecified atom stereocenters. The van der Waals surface area contributed by atoms with Gasteiger partial charge in [0.1, 0.15) is 48.8 Å². The fourth-order valence-corrected chi connectivity index (χ4v) is 8.50. The first-order chi connectivity index (χ1) is 35.6. The maximum Gasteiger partial charge on any atom is 0.220 e. The number of aliphatic hydroxyl groups is 8. The van der Waals surface area contributed by atoms with Crippen LogP contribution in [0.5, 0.6) is 0 Å². The molecule has 2 fully saturated rings. The molecule has 0 radical (unpaired) electrons. The number of hydrogen-bond donors (Lipinski definition) is 9. The van der Waals surface area contributed by atoms with Crippen molar-refractivity contribution in [2.75, 3.05) is 19.8 Å². The lowest BCUT2D eigenvalue weighted by Gasteiger charge is -2.46. The van der Waals surface area contributed by atoms with Crippen molar-refractivity contribution in [2.45, 2.75) is 248 Å². The van der Waals surface area contributed by atoms with E-state index >= 15 is 0 Å². The molecule has 1 amide bonds. The predicted octanol–water partition coefficient (Wildman–Crippen LogP) is 8.71. The molecule has 0 aromatic carbocycles. The van der Waals surface area contributed by atoms with E-state index in [1.165, 1.54) is 51.4 Å². The molecule has 418 valence electrons. The van der Waals surface area contributed by atoms with Gasteiger partial charge >= 0.3 is 0 Å². The third kappa shape index (κ3) is 30.3. The number of unbranched alkanes of at least 4 members (excludes halogenated alkanes) is 15. The van der Waals surface area contributed by atoms with Gasteiger partial charge in [0.05, 0.1) is 32.0 Å². The zero-order valence-corrected chi connectivity index (χ0v) is 44.6. The summed E-state index contributed by atoms with van der Waals surface area (Å²) in [6.07, 6.45) is 43.3. The van der Waals surface area contributed by atoms with Crippen molar-refractivity contribution >= 4 is 5.91 Å². The average Bonchev–Trinajstić information content (AvgIpc) is 3.39. The van der Waals surface area contributed by atoms with Gasteiger partial charge in [-0.25, -0.2) is 0 Å². The first-order valence-electron chi connectivity index (χ1n) is 28.0. The standard InChI is InChI=1S/C59H99NO13/c1-3-5-7-9-11-13-14-15-16-17-18-19-20-21-22-23-24-25-26-27-28-29-30-31-32-33-34-35-37-39-41-43-51(64)60-47(48(63)42-40-38-36-12-10-8-6-4-2)46-70-58-56(69)54(67)57(50(45-62)72-58)73-59-55(68)53(66)52(65)49(44-61)71-59/h5,7,11,13,15-16,18-19,21-22,24-25,27-28,40,42,47-50,52-59,61-63,65-69H,3-4,6,8-10,12,14,17,20,23,26,29-39,41,43-46H2,1-2H3,(H,60,64)/b7-5-,13-11-,16-15-,19-18-,22-21-,25-24-,28-27-,42-40+. The average molecular weight is 1030 g/mol. The van der Waals surface area contributed by atoms with Crippen molar-refractivity contribution in [3.63, 3.8) is 0 Å². The Labute approximate surface area is 439 Å². The molecule has 2 aliphatic rings. The molecule has 0 aliphatic carbocycles. The van der Waals surface area contributed by atoms with E-state index in [1.807, 2.05) is 6.08 Å². The first-order valence-corrected chi connectivity index (χ1v) is 28.0. The van der Waals surface area contributed by atoms with E-state index in [0.717, 1.165) is 96.3 Å². The van der Waals surface area contributed by atoms with Crippen LogP contribution in [0, 0.1) is 0 Å². The molecule has 73 heavy (non-hydrogen) atoms. The first kappa shape index (κ1) is 66.0. The number of rotatable bonds is 42. The second-order valence-electron chi connectivity index (χ2n) is 19.3. The van der Waals surface area contributed by atoms with Crippen LogP contribution in [0.4, 0.5) is 0 Å². The van der Waals surface area contributed by atoms with E-state index in [-0.39, 0.29) is 18.9 Å². The number of aliphatic hydroxyl groups excluding tert-OH is 8. The maximum atomic E-state index is 13.2. The van der Waals surface area contributed by atoms with Gasteiger partial charge in [-0.1, -0.05) is 188 Å². The summed E-state index contributed by atoms with van der Waals surface area (Å²) in [5, 5.41) is 86.6. The van der Waals surface area contributed by atoms with Gasteiger partial charge in [0.2, 0.25) is 5.91 Å². The summed E-state index contributed by atoms with van der Waals surface area (Å²) in [6, 6.07) is -0.921. The third-order valence-corrected chi connectivity index (χ3v) is 13.0. The zero-order valence-electron chi connectivity index (χ0n) is 44.6. The highest BCUT2D eigenvalue weighted by Crippen LogP contribution is 2.30. The molecule has 2 heterocycles. The molecule has 12 atom stereocenters. The molecule has 14 nitrogen and oxygen atoms in total. The van der Waals surface area contributed by atoms with Gasteiger partial charge in [-0.15, -0.1) is 0 Å². The lowest BCUT2D eigenvalue weighted by molar-refractivity contribution is -0.359. The summed E-state index contributed by atoms with van der Waals surface area (Å²) in [6.45, 7) is 2.60. The predicted molar refractivity (Wildman–Crippen MR) is 290 cm³/mol. The van der Waals surface area contributed by atoms with Crippen molar-refractivity contribution in [3.8, 4) is 0 Å². The molecule has 9 N–H and O–H groups in total. The number of hydrogen-bond acceptors (Lipinski definition) is 13. The van der Waals surface area contributed by atoms with Crippen molar-refractivity contribution in [1.29, 1.82) is 0 Å². The summed E-state index contributed by atoms with van der Waals surface area (Å²) in [5.74, 6) is -0.255. The van der Waals surface area contributed by atoms with Crippen LogP contribution in [-0.2, 0) is 23.7 Å². The summed E-state index contributed by atoms with van der Waals surface area (Å²) >= 11 is 0. The number of nitrogens with one attached hydrogen (secondary N) is 1. The third-order valence-electron chi connectivity index (χ3n) is 13.0. The van der Waals surface area contributed by atoms with Crippen molar-refractivity contribution in [1.82, 2.24) is 5.32 Å². The molecule has 0 saturated carbocycles. The number of ether oxygens (including phenoxy) is 4. The Hall–Kier alpha value is -3.09. The lowest BCUT2D eigenvalue weighted by atomic mass is 9.97. The van der Waals surface area contributed by atoms with E-state index in [4.69, 9.17) is 18.9 Å². The molecule has 2 aliphatic heterocycles. The van der Waals surface area contributed by atoms with Crippen molar-refractivity contribution in [2.24, 2.45) is 0 Å². The zero-order chi connectivity index (χ0) is 53.2. The highest BCUT2D eigenvalue weighted by atomic mass is 16.7. The normalized spacial score (nSPS) is 26.2. The van der Waals surface area contributed by atoms with Crippen LogP contribution < -0.4 is 5.32 Å². The smallest absolute Gasteiger partial charge is 0.220 e. The molecule has 14 heteroatoms. The second kappa shape index (κ2) is 44.1. The van der Waals surface area contributed by atoms with Gasteiger partial charge in [0.15, 0.2) is 12.6 Å². The largest absolute Gasteiger partial charge is 0.394 e. The second-order valence-corrected chi connectivity index (χ2v) is 19.3. The van der Waals surface area contributed by atoms with Gasteiger partial charge in [0.25, 0.3) is 0 Å². The van der Waals surface area contributed by atoms with E-state index < -0.39 is 86.8 Å². The minimum absolute atomic E-state index is 0.255. The van der Waals surface area contributed by atoms with Gasteiger partial charge in [-0.05, 0) is 77.0 Å². The summed E-state index contributed by atoms with van der Waals surface area (Å²) in [7, 11) is 0. The molecule has 0 aromatic heterocycles. The summed E-state index contributed by atoms with van der Waals surface area (Å²) < 4.78 is 22.6. The molecular weight excluding hydrogens is 931 g/mol. The fourth-order valence-electron chi connectivity index (χ4n) is 8.50. The Morgan fingerprint density at radius 1 is 0.507 bits per heavy atom. The maximum absolute atomic E-state index is 13.2. The van der Waals surface area contributed by atoms with E-state index in [2.05, 4.69) is 104 Å². The van der Waals surface area contributed by atoms with Crippen LogP contribution in [0.15, 0.2) is 97.2 Å². The van der Waals surface area contributed by atoms with Crippen LogP contribution in [-0.4, -0.2) is 140 Å². The van der Waals surface area contributed by atoms with Gasteiger partial charge < -0.3 is 65.1 Å². The highest BCUT2D eigenvalue weighted by Gasteiger charge is 2.51. The Balaban J connectivity index is 1.66. The molecular formula is C59H99NO13. The van der Waals surface area contributed by atoms with E-state index in [9.17, 15) is 45.6 Å². The van der Waals surface area contributed by atoms with E-state index in [0.29, 0.717) is 6.42 Å². The van der Waals surface area contributed by atoms with Crippen LogP contribution in [0.3, 0.4) is 0 Å². The molecule has 2 rings (SSSR count). The fraction of sp³-hybridized carbons (Fsp3) is 0.712. The SMILES string of the molecule is CC/C=C\C/C=C\C/C=C\C/C=C\C/C=C\C/C=C\C/C=C\CCCCCCCCCCCC(=O)NC(COC1OC(CO)C(OC2OC(CO)C(O)C(O)C2O)C(O)C1O)C(O)/C=C/CCCCCCCC.